The van der Waals surface area contributed by atoms with Crippen molar-refractivity contribution >= 4 is 27.5 Å². The van der Waals surface area contributed by atoms with Gasteiger partial charge in [-0.2, -0.15) is 4.98 Å². The number of hydrogen-bond acceptors (Lipinski definition) is 5. The summed E-state index contributed by atoms with van der Waals surface area (Å²) in [7, 11) is 1.83. The van der Waals surface area contributed by atoms with E-state index in [2.05, 4.69) is 34.4 Å². The van der Waals surface area contributed by atoms with Crippen LogP contribution in [0.3, 0.4) is 0 Å². The van der Waals surface area contributed by atoms with Gasteiger partial charge in [-0.1, -0.05) is 19.1 Å². The van der Waals surface area contributed by atoms with Crippen LogP contribution in [-0.2, 0) is 0 Å². The SMILES string of the molecule is CNc1nc(OCC2CC=CCC2C)c2ccsc2n1. The summed E-state index contributed by atoms with van der Waals surface area (Å²) in [6, 6.07) is 2.03. The van der Waals surface area contributed by atoms with Crippen LogP contribution in [0.2, 0.25) is 0 Å². The molecule has 2 heterocycles. The molecule has 0 amide bonds. The molecule has 106 valence electrons. The maximum absolute atomic E-state index is 6.01. The summed E-state index contributed by atoms with van der Waals surface area (Å²) in [5.74, 6) is 2.55. The van der Waals surface area contributed by atoms with Gasteiger partial charge in [0.1, 0.15) is 4.83 Å². The van der Waals surface area contributed by atoms with E-state index in [9.17, 15) is 0 Å². The molecule has 5 heteroatoms. The number of nitrogens with zero attached hydrogens (tertiary/aromatic N) is 2. The van der Waals surface area contributed by atoms with Crippen LogP contribution in [0.15, 0.2) is 23.6 Å². The Labute approximate surface area is 122 Å². The maximum atomic E-state index is 6.01. The minimum Gasteiger partial charge on any atom is -0.477 e. The van der Waals surface area contributed by atoms with E-state index in [1.54, 1.807) is 11.3 Å². The van der Waals surface area contributed by atoms with Gasteiger partial charge < -0.3 is 10.1 Å². The van der Waals surface area contributed by atoms with E-state index in [0.717, 1.165) is 29.7 Å². The third-order valence-corrected chi connectivity index (χ3v) is 4.67. The van der Waals surface area contributed by atoms with Crippen molar-refractivity contribution in [1.82, 2.24) is 9.97 Å². The second kappa shape index (κ2) is 5.79. The Morgan fingerprint density at radius 2 is 2.20 bits per heavy atom. The lowest BCUT2D eigenvalue weighted by Crippen LogP contribution is -2.21. The number of fused-ring (bicyclic) bond motifs is 1. The van der Waals surface area contributed by atoms with Crippen LogP contribution in [0.4, 0.5) is 5.95 Å². The van der Waals surface area contributed by atoms with Crippen LogP contribution in [-0.4, -0.2) is 23.6 Å². The molecule has 0 aromatic carbocycles. The lowest BCUT2D eigenvalue weighted by Gasteiger charge is -2.25. The zero-order valence-electron chi connectivity index (χ0n) is 11.8. The lowest BCUT2D eigenvalue weighted by atomic mass is 9.85. The van der Waals surface area contributed by atoms with Gasteiger partial charge in [-0.3, -0.25) is 0 Å². The predicted octanol–water partition coefficient (Wildman–Crippen LogP) is 3.71. The summed E-state index contributed by atoms with van der Waals surface area (Å²) in [5.41, 5.74) is 0. The van der Waals surface area contributed by atoms with Crippen molar-refractivity contribution < 1.29 is 4.74 Å². The zero-order chi connectivity index (χ0) is 13.9. The highest BCUT2D eigenvalue weighted by molar-refractivity contribution is 7.16. The fourth-order valence-electron chi connectivity index (χ4n) is 2.47. The molecule has 20 heavy (non-hydrogen) atoms. The molecule has 0 bridgehead atoms. The molecular weight excluding hydrogens is 270 g/mol. The molecule has 1 aliphatic rings. The maximum Gasteiger partial charge on any atom is 0.227 e. The third kappa shape index (κ3) is 2.63. The monoisotopic (exact) mass is 289 g/mol. The highest BCUT2D eigenvalue weighted by Gasteiger charge is 2.20. The van der Waals surface area contributed by atoms with E-state index in [0.29, 0.717) is 23.7 Å². The van der Waals surface area contributed by atoms with Crippen LogP contribution in [0.5, 0.6) is 5.88 Å². The first kappa shape index (κ1) is 13.4. The van der Waals surface area contributed by atoms with Gasteiger partial charge in [0.05, 0.1) is 12.0 Å². The van der Waals surface area contributed by atoms with Gasteiger partial charge >= 0.3 is 0 Å². The molecule has 0 spiro atoms. The fourth-order valence-corrected chi connectivity index (χ4v) is 3.23. The molecule has 2 aromatic heterocycles. The van der Waals surface area contributed by atoms with Crippen molar-refractivity contribution in [3.63, 3.8) is 0 Å². The van der Waals surface area contributed by atoms with Gasteiger partial charge in [-0.25, -0.2) is 4.98 Å². The normalized spacial score (nSPS) is 22.1. The van der Waals surface area contributed by atoms with E-state index in [1.165, 1.54) is 0 Å². The first-order valence-corrected chi connectivity index (χ1v) is 7.86. The number of anilines is 1. The summed E-state index contributed by atoms with van der Waals surface area (Å²) >= 11 is 1.61. The number of ether oxygens (including phenoxy) is 1. The minimum atomic E-state index is 0.571. The number of thiophene rings is 1. The zero-order valence-corrected chi connectivity index (χ0v) is 12.6. The number of nitrogens with one attached hydrogen (secondary N) is 1. The summed E-state index contributed by atoms with van der Waals surface area (Å²) in [4.78, 5) is 9.84. The molecule has 2 atom stereocenters. The first-order chi connectivity index (χ1) is 9.78. The Morgan fingerprint density at radius 1 is 1.35 bits per heavy atom. The van der Waals surface area contributed by atoms with Gasteiger partial charge in [-0.05, 0) is 36.1 Å². The van der Waals surface area contributed by atoms with Crippen molar-refractivity contribution in [2.24, 2.45) is 11.8 Å². The van der Waals surface area contributed by atoms with E-state index in [-0.39, 0.29) is 0 Å². The van der Waals surface area contributed by atoms with Crippen LogP contribution < -0.4 is 10.1 Å². The molecule has 0 aliphatic heterocycles. The molecule has 3 rings (SSSR count). The van der Waals surface area contributed by atoms with Gasteiger partial charge in [-0.15, -0.1) is 11.3 Å². The second-order valence-corrected chi connectivity index (χ2v) is 6.13. The molecule has 0 saturated carbocycles. The smallest absolute Gasteiger partial charge is 0.227 e. The van der Waals surface area contributed by atoms with Crippen LogP contribution in [0.1, 0.15) is 19.8 Å². The van der Waals surface area contributed by atoms with Gasteiger partial charge in [0.15, 0.2) is 0 Å². The van der Waals surface area contributed by atoms with E-state index in [4.69, 9.17) is 4.74 Å². The molecular formula is C15H19N3OS. The average Bonchev–Trinajstić information content (AvgIpc) is 2.94. The largest absolute Gasteiger partial charge is 0.477 e. The van der Waals surface area contributed by atoms with E-state index in [1.807, 2.05) is 18.5 Å². The number of allylic oxidation sites excluding steroid dienone is 2. The van der Waals surface area contributed by atoms with Crippen LogP contribution in [0.25, 0.3) is 10.2 Å². The Kier molecular flexibility index (Phi) is 3.87. The van der Waals surface area contributed by atoms with Crippen molar-refractivity contribution in [2.45, 2.75) is 19.8 Å². The van der Waals surface area contributed by atoms with Crippen molar-refractivity contribution in [3.05, 3.63) is 23.6 Å². The quantitative estimate of drug-likeness (QED) is 0.872. The Morgan fingerprint density at radius 3 is 3.00 bits per heavy atom. The summed E-state index contributed by atoms with van der Waals surface area (Å²) in [5, 5.41) is 6.02. The highest BCUT2D eigenvalue weighted by Crippen LogP contribution is 2.30. The number of hydrogen-bond donors (Lipinski definition) is 1. The molecule has 1 aliphatic carbocycles. The van der Waals surface area contributed by atoms with E-state index < -0.39 is 0 Å². The fraction of sp³-hybridized carbons (Fsp3) is 0.467. The standard InChI is InChI=1S/C15H19N3OS/c1-10-5-3-4-6-11(10)9-19-13-12-7-8-20-14(12)18-15(16-2)17-13/h3-4,7-8,10-11H,5-6,9H2,1-2H3,(H,16,17,18). The van der Waals surface area contributed by atoms with Gasteiger partial charge in [0.2, 0.25) is 11.8 Å². The molecule has 0 fully saturated rings. The number of rotatable bonds is 4. The highest BCUT2D eigenvalue weighted by atomic mass is 32.1. The second-order valence-electron chi connectivity index (χ2n) is 5.23. The summed E-state index contributed by atoms with van der Waals surface area (Å²) in [6.07, 6.45) is 6.76. The average molecular weight is 289 g/mol. The summed E-state index contributed by atoms with van der Waals surface area (Å²) < 4.78 is 6.01. The van der Waals surface area contributed by atoms with Gasteiger partial charge in [0, 0.05) is 7.05 Å². The molecule has 0 saturated heterocycles. The lowest BCUT2D eigenvalue weighted by molar-refractivity contribution is 0.195. The molecule has 0 radical (unpaired) electrons. The molecule has 1 N–H and O–H groups in total. The Bertz CT molecular complexity index is 623. The summed E-state index contributed by atoms with van der Waals surface area (Å²) in [6.45, 7) is 3.01. The first-order valence-electron chi connectivity index (χ1n) is 6.98. The molecule has 2 aromatic rings. The number of aromatic nitrogens is 2. The van der Waals surface area contributed by atoms with Crippen molar-refractivity contribution in [1.29, 1.82) is 0 Å². The predicted molar refractivity (Wildman–Crippen MR) is 83.5 cm³/mol. The van der Waals surface area contributed by atoms with Crippen LogP contribution >= 0.6 is 11.3 Å². The Balaban J connectivity index is 1.79. The minimum absolute atomic E-state index is 0.571. The topological polar surface area (TPSA) is 47.0 Å². The van der Waals surface area contributed by atoms with Gasteiger partial charge in [0.25, 0.3) is 0 Å². The third-order valence-electron chi connectivity index (χ3n) is 3.87. The molecule has 2 unspecified atom stereocenters. The van der Waals surface area contributed by atoms with Crippen molar-refractivity contribution in [2.75, 3.05) is 19.0 Å². The van der Waals surface area contributed by atoms with Crippen LogP contribution in [0, 0.1) is 11.8 Å². The van der Waals surface area contributed by atoms with E-state index >= 15 is 0 Å². The molecule has 4 nitrogen and oxygen atoms in total. The Hall–Kier alpha value is -1.62. The van der Waals surface area contributed by atoms with Crippen molar-refractivity contribution in [3.8, 4) is 5.88 Å².